The van der Waals surface area contributed by atoms with Crippen molar-refractivity contribution in [3.05, 3.63) is 29.2 Å². The van der Waals surface area contributed by atoms with Crippen molar-refractivity contribution in [1.82, 2.24) is 14.6 Å². The first-order valence-electron chi connectivity index (χ1n) is 4.46. The Balaban J connectivity index is 2.78. The summed E-state index contributed by atoms with van der Waals surface area (Å²) in [6.45, 7) is 1.44. The van der Waals surface area contributed by atoms with Gasteiger partial charge in [0, 0.05) is 17.8 Å². The molecular formula is C9H6F3N3O2. The van der Waals surface area contributed by atoms with Crippen molar-refractivity contribution < 1.29 is 23.1 Å². The molecule has 0 fully saturated rings. The second kappa shape index (κ2) is 3.44. The molecule has 0 spiro atoms. The highest BCUT2D eigenvalue weighted by Crippen LogP contribution is 2.28. The van der Waals surface area contributed by atoms with Gasteiger partial charge in [-0.1, -0.05) is 0 Å². The number of carbonyl (C=O) groups is 1. The minimum Gasteiger partial charge on any atom is -0.476 e. The molecule has 2 rings (SSSR count). The topological polar surface area (TPSA) is 67.5 Å². The van der Waals surface area contributed by atoms with E-state index in [1.54, 1.807) is 0 Å². The number of aryl methyl sites for hydroxylation is 1. The lowest BCUT2D eigenvalue weighted by Crippen LogP contribution is -2.11. The van der Waals surface area contributed by atoms with E-state index in [1.165, 1.54) is 13.1 Å². The van der Waals surface area contributed by atoms with Gasteiger partial charge in [0.05, 0.1) is 0 Å². The average molecular weight is 245 g/mol. The molecular weight excluding hydrogens is 239 g/mol. The van der Waals surface area contributed by atoms with Crippen LogP contribution in [-0.2, 0) is 6.18 Å². The third-order valence-corrected chi connectivity index (χ3v) is 2.16. The first kappa shape index (κ1) is 11.4. The van der Waals surface area contributed by atoms with Gasteiger partial charge in [0.15, 0.2) is 17.0 Å². The van der Waals surface area contributed by atoms with Crippen LogP contribution in [0.3, 0.4) is 0 Å². The maximum Gasteiger partial charge on any atom is 0.435 e. The number of hydrogen-bond donors (Lipinski definition) is 1. The van der Waals surface area contributed by atoms with E-state index in [0.717, 1.165) is 0 Å². The van der Waals surface area contributed by atoms with E-state index in [1.807, 2.05) is 0 Å². The van der Waals surface area contributed by atoms with Crippen LogP contribution in [0.4, 0.5) is 13.2 Å². The molecule has 0 saturated heterocycles. The van der Waals surface area contributed by atoms with Crippen LogP contribution < -0.4 is 0 Å². The zero-order valence-corrected chi connectivity index (χ0v) is 8.49. The number of fused-ring (bicyclic) bond motifs is 1. The van der Waals surface area contributed by atoms with E-state index in [9.17, 15) is 18.0 Å². The van der Waals surface area contributed by atoms with Gasteiger partial charge in [-0.15, -0.1) is 0 Å². The summed E-state index contributed by atoms with van der Waals surface area (Å²) in [6, 6.07) is 0.700. The summed E-state index contributed by atoms with van der Waals surface area (Å²) < 4.78 is 37.9. The van der Waals surface area contributed by atoms with Gasteiger partial charge in [0.2, 0.25) is 0 Å². The van der Waals surface area contributed by atoms with Crippen LogP contribution in [0.2, 0.25) is 0 Å². The van der Waals surface area contributed by atoms with Gasteiger partial charge in [-0.25, -0.2) is 14.3 Å². The first-order chi connectivity index (χ1) is 7.80. The smallest absolute Gasteiger partial charge is 0.435 e. The monoisotopic (exact) mass is 245 g/mol. The van der Waals surface area contributed by atoms with Crippen LogP contribution in [0.25, 0.3) is 5.65 Å². The maximum atomic E-state index is 12.4. The van der Waals surface area contributed by atoms with Crippen molar-refractivity contribution in [1.29, 1.82) is 0 Å². The Bertz CT molecular complexity index is 603. The van der Waals surface area contributed by atoms with E-state index < -0.39 is 17.8 Å². The highest BCUT2D eigenvalue weighted by atomic mass is 19.4. The van der Waals surface area contributed by atoms with Gasteiger partial charge in [-0.3, -0.25) is 0 Å². The van der Waals surface area contributed by atoms with Crippen LogP contribution in [0.15, 0.2) is 12.3 Å². The Morgan fingerprint density at radius 3 is 2.65 bits per heavy atom. The highest BCUT2D eigenvalue weighted by Gasteiger charge is 2.35. The Hall–Kier alpha value is -2.12. The number of carboxylic acids is 1. The van der Waals surface area contributed by atoms with Gasteiger partial charge in [0.1, 0.15) is 0 Å². The number of nitrogens with zero attached hydrogens (tertiary/aromatic N) is 3. The number of rotatable bonds is 1. The molecule has 0 aliphatic heterocycles. The molecule has 0 radical (unpaired) electrons. The molecule has 0 bridgehead atoms. The van der Waals surface area contributed by atoms with Gasteiger partial charge in [-0.2, -0.15) is 18.3 Å². The average Bonchev–Trinajstić information content (AvgIpc) is 2.59. The zero-order valence-electron chi connectivity index (χ0n) is 8.49. The minimum absolute atomic E-state index is 0.152. The molecule has 0 saturated carbocycles. The fourth-order valence-electron chi connectivity index (χ4n) is 1.42. The quantitative estimate of drug-likeness (QED) is 0.831. The summed E-state index contributed by atoms with van der Waals surface area (Å²) in [4.78, 5) is 14.6. The molecule has 0 aromatic carbocycles. The molecule has 1 N–H and O–H groups in total. The zero-order chi connectivity index (χ0) is 12.8. The Morgan fingerprint density at radius 2 is 2.12 bits per heavy atom. The molecule has 90 valence electrons. The Labute approximate surface area is 92.5 Å². The largest absolute Gasteiger partial charge is 0.476 e. The number of aromatic carboxylic acids is 1. The summed E-state index contributed by atoms with van der Waals surface area (Å²) in [6.07, 6.45) is -3.43. The van der Waals surface area contributed by atoms with Crippen molar-refractivity contribution in [2.24, 2.45) is 0 Å². The van der Waals surface area contributed by atoms with Crippen molar-refractivity contribution in [2.45, 2.75) is 13.1 Å². The fourth-order valence-corrected chi connectivity index (χ4v) is 1.42. The normalized spacial score (nSPS) is 12.0. The van der Waals surface area contributed by atoms with Crippen molar-refractivity contribution in [3.63, 3.8) is 0 Å². The number of alkyl halides is 3. The van der Waals surface area contributed by atoms with Gasteiger partial charge < -0.3 is 5.11 Å². The predicted octanol–water partition coefficient (Wildman–Crippen LogP) is 1.75. The molecule has 0 unspecified atom stereocenters. The number of hydrogen-bond acceptors (Lipinski definition) is 3. The van der Waals surface area contributed by atoms with Crippen molar-refractivity contribution >= 4 is 11.6 Å². The van der Waals surface area contributed by atoms with Crippen LogP contribution >= 0.6 is 0 Å². The van der Waals surface area contributed by atoms with E-state index in [-0.39, 0.29) is 16.9 Å². The molecule has 8 heteroatoms. The molecule has 0 aliphatic carbocycles. The van der Waals surface area contributed by atoms with Gasteiger partial charge >= 0.3 is 12.1 Å². The molecule has 0 atom stereocenters. The highest BCUT2D eigenvalue weighted by molar-refractivity contribution is 5.87. The van der Waals surface area contributed by atoms with Crippen LogP contribution in [0, 0.1) is 6.92 Å². The second-order valence-corrected chi connectivity index (χ2v) is 3.39. The summed E-state index contributed by atoms with van der Waals surface area (Å²) >= 11 is 0. The van der Waals surface area contributed by atoms with Crippen molar-refractivity contribution in [2.75, 3.05) is 0 Å². The van der Waals surface area contributed by atoms with E-state index >= 15 is 0 Å². The fraction of sp³-hybridized carbons (Fsp3) is 0.222. The summed E-state index contributed by atoms with van der Waals surface area (Å²) in [5.41, 5.74) is -1.41. The van der Waals surface area contributed by atoms with E-state index in [2.05, 4.69) is 10.1 Å². The van der Waals surface area contributed by atoms with Gasteiger partial charge in [-0.05, 0) is 6.92 Å². The lowest BCUT2D eigenvalue weighted by Gasteiger charge is -2.02. The van der Waals surface area contributed by atoms with Crippen LogP contribution in [0.5, 0.6) is 0 Å². The standard InChI is InChI=1S/C9H6F3N3O2/c1-4-3-13-6-2-5(9(10,11)12)14-15(6)7(4)8(16)17/h2-3H,1H3,(H,16,17). The predicted molar refractivity (Wildman–Crippen MR) is 49.7 cm³/mol. The first-order valence-corrected chi connectivity index (χ1v) is 4.46. The number of carboxylic acid groups (broad SMARTS) is 1. The van der Waals surface area contributed by atoms with Crippen LogP contribution in [0.1, 0.15) is 21.7 Å². The third kappa shape index (κ3) is 1.81. The van der Waals surface area contributed by atoms with E-state index in [0.29, 0.717) is 10.6 Å². The molecule has 0 amide bonds. The number of halogens is 3. The molecule has 2 aromatic rings. The molecule has 2 heterocycles. The van der Waals surface area contributed by atoms with E-state index in [4.69, 9.17) is 5.11 Å². The molecule has 17 heavy (non-hydrogen) atoms. The number of aromatic nitrogens is 3. The summed E-state index contributed by atoms with van der Waals surface area (Å²) in [7, 11) is 0. The lowest BCUT2D eigenvalue weighted by molar-refractivity contribution is -0.141. The Kier molecular flexibility index (Phi) is 2.30. The lowest BCUT2D eigenvalue weighted by atomic mass is 10.2. The van der Waals surface area contributed by atoms with Crippen LogP contribution in [-0.4, -0.2) is 25.7 Å². The molecule has 0 aliphatic rings. The molecule has 2 aromatic heterocycles. The van der Waals surface area contributed by atoms with Gasteiger partial charge in [0.25, 0.3) is 0 Å². The summed E-state index contributed by atoms with van der Waals surface area (Å²) in [5.74, 6) is -1.35. The summed E-state index contributed by atoms with van der Waals surface area (Å²) in [5, 5.41) is 12.1. The van der Waals surface area contributed by atoms with Crippen molar-refractivity contribution in [3.8, 4) is 0 Å². The molecule has 5 nitrogen and oxygen atoms in total. The maximum absolute atomic E-state index is 12.4. The minimum atomic E-state index is -4.63. The Morgan fingerprint density at radius 1 is 1.47 bits per heavy atom. The third-order valence-electron chi connectivity index (χ3n) is 2.16. The SMILES string of the molecule is Cc1cnc2cc(C(F)(F)F)nn2c1C(=O)O. The second-order valence-electron chi connectivity index (χ2n) is 3.39.